The predicted octanol–water partition coefficient (Wildman–Crippen LogP) is 7.11. The minimum atomic E-state index is -0.449. The van der Waals surface area contributed by atoms with Gasteiger partial charge in [-0.05, 0) is 42.4 Å². The van der Waals surface area contributed by atoms with E-state index in [1.807, 2.05) is 24.3 Å². The summed E-state index contributed by atoms with van der Waals surface area (Å²) in [4.78, 5) is 2.53. The first-order valence-electron chi connectivity index (χ1n) is 11.2. The molecule has 1 aromatic rings. The summed E-state index contributed by atoms with van der Waals surface area (Å²) in [6, 6.07) is 7.65. The van der Waals surface area contributed by atoms with Crippen molar-refractivity contribution < 1.29 is 5.11 Å². The van der Waals surface area contributed by atoms with Gasteiger partial charge in [-0.3, -0.25) is 4.90 Å². The number of nitrogens with zero attached hydrogens (tertiary/aromatic N) is 1. The van der Waals surface area contributed by atoms with Crippen molar-refractivity contribution in [3.05, 3.63) is 34.9 Å². The van der Waals surface area contributed by atoms with Crippen LogP contribution in [0, 0.1) is 11.8 Å². The summed E-state index contributed by atoms with van der Waals surface area (Å²) < 4.78 is 0. The van der Waals surface area contributed by atoms with Crippen molar-refractivity contribution in [1.29, 1.82) is 0 Å². The van der Waals surface area contributed by atoms with Crippen molar-refractivity contribution in [2.45, 2.75) is 85.2 Å². The van der Waals surface area contributed by atoms with Crippen LogP contribution >= 0.6 is 11.6 Å². The van der Waals surface area contributed by atoms with Crippen molar-refractivity contribution in [2.75, 3.05) is 19.6 Å². The summed E-state index contributed by atoms with van der Waals surface area (Å²) in [6.45, 7) is 12.1. The molecule has 0 saturated carbocycles. The zero-order valence-corrected chi connectivity index (χ0v) is 18.8. The monoisotopic (exact) mass is 395 g/mol. The third kappa shape index (κ3) is 9.96. The normalized spacial score (nSPS) is 15.1. The molecule has 0 amide bonds. The van der Waals surface area contributed by atoms with Gasteiger partial charge >= 0.3 is 0 Å². The first-order valence-corrected chi connectivity index (χ1v) is 11.6. The molecule has 0 aromatic heterocycles. The zero-order valence-electron chi connectivity index (χ0n) is 18.1. The summed E-state index contributed by atoms with van der Waals surface area (Å²) in [5, 5.41) is 11.5. The number of halogens is 1. The number of unbranched alkanes of at least 4 members (excludes halogenated alkanes) is 2. The van der Waals surface area contributed by atoms with Crippen LogP contribution in [0.1, 0.15) is 90.7 Å². The molecule has 27 heavy (non-hydrogen) atoms. The third-order valence-electron chi connectivity index (χ3n) is 5.81. The molecule has 0 aliphatic carbocycles. The highest BCUT2D eigenvalue weighted by molar-refractivity contribution is 6.30. The SMILES string of the molecule is CCCCC(CC)CN(CC(CC)CCCC)CC(O)c1ccc(Cl)cc1. The van der Waals surface area contributed by atoms with E-state index >= 15 is 0 Å². The Labute approximate surface area is 173 Å². The lowest BCUT2D eigenvalue weighted by Gasteiger charge is -2.32. The van der Waals surface area contributed by atoms with Gasteiger partial charge < -0.3 is 5.11 Å². The maximum absolute atomic E-state index is 10.8. The molecule has 0 aliphatic heterocycles. The van der Waals surface area contributed by atoms with E-state index in [2.05, 4.69) is 32.6 Å². The fourth-order valence-corrected chi connectivity index (χ4v) is 3.95. The average molecular weight is 396 g/mol. The van der Waals surface area contributed by atoms with Gasteiger partial charge in [0.25, 0.3) is 0 Å². The molecule has 2 nitrogen and oxygen atoms in total. The van der Waals surface area contributed by atoms with Gasteiger partial charge in [0.05, 0.1) is 6.10 Å². The van der Waals surface area contributed by atoms with E-state index in [4.69, 9.17) is 11.6 Å². The van der Waals surface area contributed by atoms with Gasteiger partial charge in [-0.1, -0.05) is 90.0 Å². The van der Waals surface area contributed by atoms with Crippen molar-refractivity contribution in [1.82, 2.24) is 4.90 Å². The first kappa shape index (κ1) is 24.5. The molecule has 0 aliphatic rings. The Morgan fingerprint density at radius 1 is 0.815 bits per heavy atom. The summed E-state index contributed by atoms with van der Waals surface area (Å²) >= 11 is 6.00. The van der Waals surface area contributed by atoms with E-state index < -0.39 is 6.10 Å². The van der Waals surface area contributed by atoms with Crippen molar-refractivity contribution in [2.24, 2.45) is 11.8 Å². The Hall–Kier alpha value is -0.570. The molecule has 0 bridgehead atoms. The molecule has 3 unspecified atom stereocenters. The molecule has 1 rings (SSSR count). The van der Waals surface area contributed by atoms with Crippen molar-refractivity contribution >= 4 is 11.6 Å². The van der Waals surface area contributed by atoms with Gasteiger partial charge in [0, 0.05) is 24.7 Å². The Kier molecular flexibility index (Phi) is 13.1. The molecule has 0 heterocycles. The van der Waals surface area contributed by atoms with Crippen molar-refractivity contribution in [3.8, 4) is 0 Å². The second kappa shape index (κ2) is 14.4. The number of rotatable bonds is 15. The molecular weight excluding hydrogens is 354 g/mol. The van der Waals surface area contributed by atoms with E-state index in [9.17, 15) is 5.11 Å². The Morgan fingerprint density at radius 2 is 1.30 bits per heavy atom. The van der Waals surface area contributed by atoms with Crippen LogP contribution in [0.3, 0.4) is 0 Å². The topological polar surface area (TPSA) is 23.5 Å². The number of benzene rings is 1. The molecular formula is C24H42ClNO. The van der Waals surface area contributed by atoms with Crippen LogP contribution in [0.4, 0.5) is 0 Å². The van der Waals surface area contributed by atoms with Crippen LogP contribution < -0.4 is 0 Å². The van der Waals surface area contributed by atoms with Crippen LogP contribution in [0.25, 0.3) is 0 Å². The molecule has 1 N–H and O–H groups in total. The first-order chi connectivity index (χ1) is 13.0. The smallest absolute Gasteiger partial charge is 0.0916 e. The van der Waals surface area contributed by atoms with Gasteiger partial charge in [0.2, 0.25) is 0 Å². The maximum Gasteiger partial charge on any atom is 0.0916 e. The number of hydrogen-bond acceptors (Lipinski definition) is 2. The standard InChI is InChI=1S/C24H42ClNO/c1-5-9-11-20(7-3)17-26(18-21(8-4)12-10-6-2)19-24(27)22-13-15-23(25)16-14-22/h13-16,20-21,24,27H,5-12,17-19H2,1-4H3. The Balaban J connectivity index is 2.78. The van der Waals surface area contributed by atoms with Gasteiger partial charge in [0.15, 0.2) is 0 Å². The van der Waals surface area contributed by atoms with Gasteiger partial charge in [-0.15, -0.1) is 0 Å². The van der Waals surface area contributed by atoms with Crippen LogP contribution in [-0.2, 0) is 0 Å². The molecule has 3 heteroatoms. The molecule has 0 radical (unpaired) electrons. The highest BCUT2D eigenvalue weighted by atomic mass is 35.5. The second-order valence-electron chi connectivity index (χ2n) is 8.12. The fraction of sp³-hybridized carbons (Fsp3) is 0.750. The average Bonchev–Trinajstić information content (AvgIpc) is 2.68. The lowest BCUT2D eigenvalue weighted by molar-refractivity contribution is 0.0879. The van der Waals surface area contributed by atoms with E-state index in [1.54, 1.807) is 0 Å². The van der Waals surface area contributed by atoms with Crippen LogP contribution in [0.5, 0.6) is 0 Å². The summed E-state index contributed by atoms with van der Waals surface area (Å²) in [5.41, 5.74) is 0.965. The van der Waals surface area contributed by atoms with Gasteiger partial charge in [-0.2, -0.15) is 0 Å². The summed E-state index contributed by atoms with van der Waals surface area (Å²) in [7, 11) is 0. The highest BCUT2D eigenvalue weighted by Crippen LogP contribution is 2.23. The lowest BCUT2D eigenvalue weighted by Crippen LogP contribution is -2.37. The van der Waals surface area contributed by atoms with E-state index in [0.717, 1.165) is 35.5 Å². The van der Waals surface area contributed by atoms with Crippen LogP contribution in [-0.4, -0.2) is 29.6 Å². The summed E-state index contributed by atoms with van der Waals surface area (Å²) in [5.74, 6) is 1.46. The van der Waals surface area contributed by atoms with Crippen molar-refractivity contribution in [3.63, 3.8) is 0 Å². The lowest BCUT2D eigenvalue weighted by atomic mass is 9.95. The zero-order chi connectivity index (χ0) is 20.1. The van der Waals surface area contributed by atoms with Crippen LogP contribution in [0.15, 0.2) is 24.3 Å². The molecule has 1 aromatic carbocycles. The van der Waals surface area contributed by atoms with Crippen LogP contribution in [0.2, 0.25) is 5.02 Å². The largest absolute Gasteiger partial charge is 0.387 e. The highest BCUT2D eigenvalue weighted by Gasteiger charge is 2.20. The molecule has 156 valence electrons. The van der Waals surface area contributed by atoms with E-state index in [0.29, 0.717) is 6.54 Å². The maximum atomic E-state index is 10.8. The quantitative estimate of drug-likeness (QED) is 0.342. The fourth-order valence-electron chi connectivity index (χ4n) is 3.82. The van der Waals surface area contributed by atoms with Gasteiger partial charge in [0.1, 0.15) is 0 Å². The minimum Gasteiger partial charge on any atom is -0.387 e. The Morgan fingerprint density at radius 3 is 1.70 bits per heavy atom. The predicted molar refractivity (Wildman–Crippen MR) is 119 cm³/mol. The molecule has 0 fully saturated rings. The third-order valence-corrected chi connectivity index (χ3v) is 6.06. The van der Waals surface area contributed by atoms with E-state index in [1.165, 1.54) is 51.4 Å². The Bertz CT molecular complexity index is 458. The summed E-state index contributed by atoms with van der Waals surface area (Å²) in [6.07, 6.45) is 9.72. The molecule has 0 spiro atoms. The van der Waals surface area contributed by atoms with E-state index in [-0.39, 0.29) is 0 Å². The molecule has 0 saturated heterocycles. The second-order valence-corrected chi connectivity index (χ2v) is 8.56. The minimum absolute atomic E-state index is 0.449. The number of aliphatic hydroxyl groups is 1. The number of hydrogen-bond donors (Lipinski definition) is 1. The molecule has 3 atom stereocenters. The number of aliphatic hydroxyl groups excluding tert-OH is 1. The van der Waals surface area contributed by atoms with Gasteiger partial charge in [-0.25, -0.2) is 0 Å².